The average molecular weight is 209 g/mol. The minimum Gasteiger partial charge on any atom is -0.344 e. The SMILES string of the molecule is C[N+](C)(C)CC(=O)P(O)OCCN. The molecule has 0 aliphatic carbocycles. The fourth-order valence-corrected chi connectivity index (χ4v) is 1.65. The van der Waals surface area contributed by atoms with Gasteiger partial charge in [0.2, 0.25) is 8.38 Å². The van der Waals surface area contributed by atoms with Crippen LogP contribution in [0.5, 0.6) is 0 Å². The zero-order chi connectivity index (χ0) is 10.5. The van der Waals surface area contributed by atoms with Gasteiger partial charge in [-0.2, -0.15) is 0 Å². The van der Waals surface area contributed by atoms with Crippen molar-refractivity contribution in [1.82, 2.24) is 0 Å². The van der Waals surface area contributed by atoms with Crippen molar-refractivity contribution >= 4 is 13.9 Å². The number of carbonyl (C=O) groups excluding carboxylic acids is 1. The molecule has 5 nitrogen and oxygen atoms in total. The van der Waals surface area contributed by atoms with Gasteiger partial charge in [-0.05, 0) is 0 Å². The summed E-state index contributed by atoms with van der Waals surface area (Å²) in [7, 11) is 3.69. The number of rotatable bonds is 6. The van der Waals surface area contributed by atoms with Gasteiger partial charge in [0.15, 0.2) is 0 Å². The molecule has 0 bridgehead atoms. The molecule has 0 aliphatic heterocycles. The van der Waals surface area contributed by atoms with E-state index in [1.54, 1.807) is 0 Å². The minimum absolute atomic E-state index is 0.227. The molecular weight excluding hydrogens is 191 g/mol. The quantitative estimate of drug-likeness (QED) is 0.457. The van der Waals surface area contributed by atoms with Crippen LogP contribution in [0.1, 0.15) is 0 Å². The largest absolute Gasteiger partial charge is 0.344 e. The first-order valence-electron chi connectivity index (χ1n) is 4.02. The summed E-state index contributed by atoms with van der Waals surface area (Å²) in [5.41, 5.74) is 4.91. The van der Waals surface area contributed by atoms with Crippen LogP contribution < -0.4 is 5.73 Å². The topological polar surface area (TPSA) is 72.5 Å². The highest BCUT2D eigenvalue weighted by Gasteiger charge is 2.23. The van der Waals surface area contributed by atoms with E-state index in [4.69, 9.17) is 10.3 Å². The lowest BCUT2D eigenvalue weighted by Crippen LogP contribution is -2.39. The van der Waals surface area contributed by atoms with Gasteiger partial charge in [0.1, 0.15) is 6.54 Å². The summed E-state index contributed by atoms with van der Waals surface area (Å²) in [5.74, 6) is 0. The number of hydrogen-bond acceptors (Lipinski definition) is 4. The Hall–Kier alpha value is -0.0600. The first-order chi connectivity index (χ1) is 5.87. The van der Waals surface area contributed by atoms with Gasteiger partial charge in [0, 0.05) is 6.54 Å². The van der Waals surface area contributed by atoms with Crippen molar-refractivity contribution in [2.45, 2.75) is 0 Å². The highest BCUT2D eigenvalue weighted by molar-refractivity contribution is 7.65. The van der Waals surface area contributed by atoms with E-state index < -0.39 is 8.38 Å². The van der Waals surface area contributed by atoms with Gasteiger partial charge < -0.3 is 19.6 Å². The van der Waals surface area contributed by atoms with Crippen LogP contribution >= 0.6 is 8.38 Å². The van der Waals surface area contributed by atoms with E-state index in [1.807, 2.05) is 21.1 Å². The van der Waals surface area contributed by atoms with E-state index in [2.05, 4.69) is 0 Å². The number of carbonyl (C=O) groups is 1. The first-order valence-corrected chi connectivity index (χ1v) is 5.23. The summed E-state index contributed by atoms with van der Waals surface area (Å²) in [6, 6.07) is 0. The van der Waals surface area contributed by atoms with E-state index in [0.717, 1.165) is 0 Å². The second-order valence-electron chi connectivity index (χ2n) is 3.74. The maximum atomic E-state index is 11.3. The average Bonchev–Trinajstić information content (AvgIpc) is 1.96. The standard InChI is InChI=1S/C7H18N2O3P/c1-9(2,3)6-7(10)13(11)12-5-4-8/h11H,4-6,8H2,1-3H3/q+1. The summed E-state index contributed by atoms with van der Waals surface area (Å²) in [5, 5.41) is 0. The van der Waals surface area contributed by atoms with Crippen molar-refractivity contribution in [2.24, 2.45) is 5.73 Å². The van der Waals surface area contributed by atoms with Crippen molar-refractivity contribution in [3.05, 3.63) is 0 Å². The first kappa shape index (κ1) is 12.9. The molecule has 0 aromatic heterocycles. The van der Waals surface area contributed by atoms with Crippen LogP contribution in [0.2, 0.25) is 0 Å². The molecule has 6 heteroatoms. The third-order valence-electron chi connectivity index (χ3n) is 1.15. The summed E-state index contributed by atoms with van der Waals surface area (Å²) in [4.78, 5) is 20.5. The zero-order valence-electron chi connectivity index (χ0n) is 8.36. The molecule has 0 amide bonds. The molecule has 0 fully saturated rings. The van der Waals surface area contributed by atoms with Crippen LogP contribution in [0.4, 0.5) is 0 Å². The summed E-state index contributed by atoms with van der Waals surface area (Å²) < 4.78 is 5.32. The van der Waals surface area contributed by atoms with Gasteiger partial charge in [-0.15, -0.1) is 0 Å². The molecule has 0 aromatic carbocycles. The summed E-state index contributed by atoms with van der Waals surface area (Å²) in [6.45, 7) is 0.814. The Morgan fingerprint density at radius 2 is 2.08 bits per heavy atom. The van der Waals surface area contributed by atoms with Crippen LogP contribution in [-0.2, 0) is 9.32 Å². The van der Waals surface area contributed by atoms with Crippen molar-refractivity contribution < 1.29 is 18.7 Å². The molecule has 0 spiro atoms. The lowest BCUT2D eigenvalue weighted by Gasteiger charge is -2.23. The summed E-state index contributed by atoms with van der Waals surface area (Å²) in [6.07, 6.45) is 0. The van der Waals surface area contributed by atoms with Gasteiger partial charge in [-0.25, -0.2) is 0 Å². The van der Waals surface area contributed by atoms with Crippen LogP contribution in [0, 0.1) is 0 Å². The molecule has 0 rings (SSSR count). The molecule has 0 radical (unpaired) electrons. The molecule has 3 N–H and O–H groups in total. The van der Waals surface area contributed by atoms with Gasteiger partial charge >= 0.3 is 0 Å². The molecule has 0 aromatic rings. The van der Waals surface area contributed by atoms with Crippen molar-refractivity contribution in [1.29, 1.82) is 0 Å². The second kappa shape index (κ2) is 5.62. The fraction of sp³-hybridized carbons (Fsp3) is 0.857. The number of nitrogens with two attached hydrogens (primary N) is 1. The summed E-state index contributed by atoms with van der Waals surface area (Å²) >= 11 is 0. The Morgan fingerprint density at radius 1 is 1.54 bits per heavy atom. The predicted molar refractivity (Wildman–Crippen MR) is 52.1 cm³/mol. The molecular formula is C7H18N2O3P+. The van der Waals surface area contributed by atoms with Gasteiger partial charge in [-0.3, -0.25) is 4.79 Å². The molecule has 1 atom stereocenters. The van der Waals surface area contributed by atoms with E-state index in [1.165, 1.54) is 0 Å². The molecule has 0 aliphatic rings. The molecule has 0 saturated heterocycles. The van der Waals surface area contributed by atoms with E-state index in [-0.39, 0.29) is 18.7 Å². The number of nitrogens with zero attached hydrogens (tertiary/aromatic N) is 1. The highest BCUT2D eigenvalue weighted by Crippen LogP contribution is 2.32. The Kier molecular flexibility index (Phi) is 5.60. The third-order valence-corrected chi connectivity index (χ3v) is 2.15. The maximum absolute atomic E-state index is 11.3. The lowest BCUT2D eigenvalue weighted by molar-refractivity contribution is -0.861. The smallest absolute Gasteiger partial charge is 0.263 e. The third kappa shape index (κ3) is 7.05. The Balaban J connectivity index is 3.83. The molecule has 1 unspecified atom stereocenters. The van der Waals surface area contributed by atoms with Crippen LogP contribution in [-0.4, -0.2) is 55.7 Å². The van der Waals surface area contributed by atoms with E-state index in [9.17, 15) is 9.69 Å². The minimum atomic E-state index is -1.95. The van der Waals surface area contributed by atoms with Crippen molar-refractivity contribution in [3.63, 3.8) is 0 Å². The second-order valence-corrected chi connectivity index (χ2v) is 5.04. The van der Waals surface area contributed by atoms with Crippen molar-refractivity contribution in [3.8, 4) is 0 Å². The Labute approximate surface area is 80.0 Å². The fourth-order valence-electron chi connectivity index (χ4n) is 0.677. The van der Waals surface area contributed by atoms with Gasteiger partial charge in [-0.1, -0.05) is 0 Å². The monoisotopic (exact) mass is 209 g/mol. The van der Waals surface area contributed by atoms with E-state index >= 15 is 0 Å². The van der Waals surface area contributed by atoms with Crippen LogP contribution in [0.3, 0.4) is 0 Å². The Morgan fingerprint density at radius 3 is 2.46 bits per heavy atom. The van der Waals surface area contributed by atoms with Crippen molar-refractivity contribution in [2.75, 3.05) is 40.8 Å². The normalized spacial score (nSPS) is 14.2. The van der Waals surface area contributed by atoms with E-state index in [0.29, 0.717) is 11.0 Å². The molecule has 0 saturated carbocycles. The number of likely N-dealkylation sites (N-methyl/N-ethyl adjacent to an activating group) is 1. The molecule has 13 heavy (non-hydrogen) atoms. The van der Waals surface area contributed by atoms with Gasteiger partial charge in [0.25, 0.3) is 5.52 Å². The zero-order valence-corrected chi connectivity index (χ0v) is 9.25. The highest BCUT2D eigenvalue weighted by atomic mass is 31.2. The van der Waals surface area contributed by atoms with Gasteiger partial charge in [0.05, 0.1) is 27.7 Å². The lowest BCUT2D eigenvalue weighted by atomic mass is 10.5. The molecule has 78 valence electrons. The Bertz CT molecular complexity index is 170. The number of hydrogen-bond donors (Lipinski definition) is 2. The van der Waals surface area contributed by atoms with Crippen LogP contribution in [0.25, 0.3) is 0 Å². The predicted octanol–water partition coefficient (Wildman–Crippen LogP) is -0.501. The maximum Gasteiger partial charge on any atom is 0.263 e. The number of quaternary nitrogens is 1. The van der Waals surface area contributed by atoms with Crippen LogP contribution in [0.15, 0.2) is 0 Å². The molecule has 0 heterocycles.